The lowest BCUT2D eigenvalue weighted by Crippen LogP contribution is -2.25. The summed E-state index contributed by atoms with van der Waals surface area (Å²) < 4.78 is 31.6. The Hall–Kier alpha value is -0.690. The van der Waals surface area contributed by atoms with Crippen LogP contribution in [0, 0.1) is 5.92 Å². The van der Waals surface area contributed by atoms with Gasteiger partial charge in [0.15, 0.2) is 0 Å². The molecule has 1 unspecified atom stereocenters. The van der Waals surface area contributed by atoms with Gasteiger partial charge in [-0.15, -0.1) is 13.2 Å². The quantitative estimate of drug-likeness (QED) is 0.496. The molecule has 15 heavy (non-hydrogen) atoms. The lowest BCUT2D eigenvalue weighted by molar-refractivity contribution is 0.381. The van der Waals surface area contributed by atoms with Crippen LogP contribution in [-0.4, -0.2) is 23.6 Å². The minimum absolute atomic E-state index is 0.246. The molecule has 90 valence electrons. The summed E-state index contributed by atoms with van der Waals surface area (Å²) >= 11 is 0. The van der Waals surface area contributed by atoms with Crippen LogP contribution in [0.4, 0.5) is 0 Å². The first-order valence-corrected chi connectivity index (χ1v) is 5.79. The molecule has 0 radical (unpaired) electrons. The van der Waals surface area contributed by atoms with Gasteiger partial charge in [0.2, 0.25) is 0 Å². The molecule has 1 atom stereocenters. The second-order valence-corrected chi connectivity index (χ2v) is 4.01. The van der Waals surface area contributed by atoms with E-state index in [1.54, 1.807) is 0 Å². The van der Waals surface area contributed by atoms with Crippen LogP contribution in [0.25, 0.3) is 0 Å². The largest absolute Gasteiger partial charge is 0.394 e. The van der Waals surface area contributed by atoms with Crippen molar-refractivity contribution in [3.8, 4) is 0 Å². The Bertz CT molecular complexity index is 254. The number of rotatable bonds is 5. The molecule has 0 amide bonds. The van der Waals surface area contributed by atoms with Crippen molar-refractivity contribution in [2.75, 3.05) is 0 Å². The molecule has 0 heterocycles. The standard InChI is InChI=1S/C9H17N.H2O4S/c1-4-6-9(7-5-2)8(3)10;1-5(2,3)4/h4-5,8-9H,1-2,6-7,10H2,3H3;(H2,1,2,3,4). The second-order valence-electron chi connectivity index (χ2n) is 3.12. The summed E-state index contributed by atoms with van der Waals surface area (Å²) in [5, 5.41) is 0. The first-order valence-electron chi connectivity index (χ1n) is 4.39. The van der Waals surface area contributed by atoms with Gasteiger partial charge in [0, 0.05) is 6.04 Å². The highest BCUT2D eigenvalue weighted by molar-refractivity contribution is 7.79. The Morgan fingerprint density at radius 2 is 1.53 bits per heavy atom. The molecule has 0 saturated carbocycles. The van der Waals surface area contributed by atoms with Gasteiger partial charge in [-0.25, -0.2) is 0 Å². The van der Waals surface area contributed by atoms with Crippen molar-refractivity contribution in [3.05, 3.63) is 25.3 Å². The molecule has 4 N–H and O–H groups in total. The fourth-order valence-electron chi connectivity index (χ4n) is 0.954. The molecule has 0 aromatic rings. The van der Waals surface area contributed by atoms with E-state index < -0.39 is 10.4 Å². The van der Waals surface area contributed by atoms with E-state index in [-0.39, 0.29) is 6.04 Å². The predicted molar refractivity (Wildman–Crippen MR) is 60.9 cm³/mol. The van der Waals surface area contributed by atoms with Crippen molar-refractivity contribution in [2.24, 2.45) is 11.7 Å². The van der Waals surface area contributed by atoms with Crippen LogP contribution >= 0.6 is 0 Å². The zero-order chi connectivity index (χ0) is 12.5. The third kappa shape index (κ3) is 19.6. The van der Waals surface area contributed by atoms with Crippen molar-refractivity contribution in [1.82, 2.24) is 0 Å². The summed E-state index contributed by atoms with van der Waals surface area (Å²) in [5.74, 6) is 0.523. The Kier molecular flexibility index (Phi) is 9.60. The normalized spacial score (nSPS) is 12.6. The van der Waals surface area contributed by atoms with Gasteiger partial charge in [-0.2, -0.15) is 8.42 Å². The smallest absolute Gasteiger partial charge is 0.328 e. The summed E-state index contributed by atoms with van der Waals surface area (Å²) in [6, 6.07) is 0.246. The van der Waals surface area contributed by atoms with E-state index in [9.17, 15) is 0 Å². The fraction of sp³-hybridized carbons (Fsp3) is 0.556. The molecule has 0 saturated heterocycles. The van der Waals surface area contributed by atoms with Crippen LogP contribution in [0.15, 0.2) is 25.3 Å². The summed E-state index contributed by atoms with van der Waals surface area (Å²) in [6.07, 6.45) is 5.81. The molecular formula is C9H19NO4S. The molecule has 0 spiro atoms. The number of allylic oxidation sites excluding steroid dienone is 2. The molecule has 0 aromatic carbocycles. The molecule has 6 heteroatoms. The van der Waals surface area contributed by atoms with Gasteiger partial charge < -0.3 is 5.73 Å². The van der Waals surface area contributed by atoms with Crippen LogP contribution in [0.1, 0.15) is 19.8 Å². The zero-order valence-corrected chi connectivity index (χ0v) is 9.65. The maximum Gasteiger partial charge on any atom is 0.394 e. The lowest BCUT2D eigenvalue weighted by Gasteiger charge is -2.16. The molecule has 0 fully saturated rings. The van der Waals surface area contributed by atoms with E-state index in [1.807, 2.05) is 19.1 Å². The van der Waals surface area contributed by atoms with Gasteiger partial charge in [0.25, 0.3) is 0 Å². The highest BCUT2D eigenvalue weighted by Gasteiger charge is 2.08. The van der Waals surface area contributed by atoms with Gasteiger partial charge in [-0.3, -0.25) is 9.11 Å². The van der Waals surface area contributed by atoms with Crippen molar-refractivity contribution < 1.29 is 17.5 Å². The Morgan fingerprint density at radius 3 is 1.67 bits per heavy atom. The summed E-state index contributed by atoms with van der Waals surface area (Å²) in [5.41, 5.74) is 5.71. The molecule has 0 bridgehead atoms. The number of hydrogen-bond donors (Lipinski definition) is 3. The van der Waals surface area contributed by atoms with E-state index in [2.05, 4.69) is 13.2 Å². The topological polar surface area (TPSA) is 101 Å². The molecule has 5 nitrogen and oxygen atoms in total. The van der Waals surface area contributed by atoms with E-state index >= 15 is 0 Å². The molecule has 0 aliphatic rings. The maximum atomic E-state index is 8.74. The minimum Gasteiger partial charge on any atom is -0.328 e. The van der Waals surface area contributed by atoms with Gasteiger partial charge in [-0.05, 0) is 25.7 Å². The van der Waals surface area contributed by atoms with Crippen LogP contribution in [0.5, 0.6) is 0 Å². The van der Waals surface area contributed by atoms with Gasteiger partial charge >= 0.3 is 10.4 Å². The van der Waals surface area contributed by atoms with E-state index in [0.29, 0.717) is 5.92 Å². The maximum absolute atomic E-state index is 8.74. The third-order valence-electron chi connectivity index (χ3n) is 1.68. The van der Waals surface area contributed by atoms with Crippen molar-refractivity contribution >= 4 is 10.4 Å². The van der Waals surface area contributed by atoms with Gasteiger partial charge in [0.1, 0.15) is 0 Å². The van der Waals surface area contributed by atoms with E-state index in [0.717, 1.165) is 12.8 Å². The molecular weight excluding hydrogens is 218 g/mol. The third-order valence-corrected chi connectivity index (χ3v) is 1.68. The van der Waals surface area contributed by atoms with Gasteiger partial charge in [-0.1, -0.05) is 12.2 Å². The summed E-state index contributed by atoms with van der Waals surface area (Å²) in [7, 11) is -4.67. The first-order chi connectivity index (χ1) is 6.72. The van der Waals surface area contributed by atoms with Gasteiger partial charge in [0.05, 0.1) is 0 Å². The average molecular weight is 237 g/mol. The summed E-state index contributed by atoms with van der Waals surface area (Å²) in [6.45, 7) is 9.38. The minimum atomic E-state index is -4.67. The number of hydrogen-bond acceptors (Lipinski definition) is 3. The van der Waals surface area contributed by atoms with Crippen LogP contribution in [-0.2, 0) is 10.4 Å². The molecule has 0 aliphatic heterocycles. The highest BCUT2D eigenvalue weighted by Crippen LogP contribution is 2.12. The Balaban J connectivity index is 0. The van der Waals surface area contributed by atoms with E-state index in [4.69, 9.17) is 23.3 Å². The predicted octanol–water partition coefficient (Wildman–Crippen LogP) is 1.45. The molecule has 0 aromatic heterocycles. The van der Waals surface area contributed by atoms with Crippen molar-refractivity contribution in [1.29, 1.82) is 0 Å². The van der Waals surface area contributed by atoms with E-state index in [1.165, 1.54) is 0 Å². The zero-order valence-electron chi connectivity index (χ0n) is 8.83. The Labute approximate surface area is 91.3 Å². The highest BCUT2D eigenvalue weighted by atomic mass is 32.3. The van der Waals surface area contributed by atoms with Crippen molar-refractivity contribution in [3.63, 3.8) is 0 Å². The molecule has 0 rings (SSSR count). The summed E-state index contributed by atoms with van der Waals surface area (Å²) in [4.78, 5) is 0. The van der Waals surface area contributed by atoms with Crippen LogP contribution in [0.2, 0.25) is 0 Å². The van der Waals surface area contributed by atoms with Crippen LogP contribution in [0.3, 0.4) is 0 Å². The monoisotopic (exact) mass is 237 g/mol. The first kappa shape index (κ1) is 16.7. The Morgan fingerprint density at radius 1 is 1.27 bits per heavy atom. The second kappa shape index (κ2) is 8.60. The average Bonchev–Trinajstić information content (AvgIpc) is 2.00. The SMILES string of the molecule is C=CCC(CC=C)C(C)N.O=S(=O)(O)O. The van der Waals surface area contributed by atoms with Crippen molar-refractivity contribution in [2.45, 2.75) is 25.8 Å². The van der Waals surface area contributed by atoms with Crippen LogP contribution < -0.4 is 5.73 Å². The molecule has 0 aliphatic carbocycles. The number of nitrogens with two attached hydrogens (primary N) is 1. The fourth-order valence-corrected chi connectivity index (χ4v) is 0.954. The lowest BCUT2D eigenvalue weighted by atomic mass is 9.95.